The summed E-state index contributed by atoms with van der Waals surface area (Å²) in [7, 11) is 0. The summed E-state index contributed by atoms with van der Waals surface area (Å²) in [6, 6.07) is 6.22. The van der Waals surface area contributed by atoms with E-state index in [4.69, 9.17) is 0 Å². The van der Waals surface area contributed by atoms with E-state index in [1.54, 1.807) is 38.1 Å². The largest absolute Gasteiger partial charge is 0.471 e. The maximum atomic E-state index is 12.8. The van der Waals surface area contributed by atoms with E-state index in [2.05, 4.69) is 5.32 Å². The Kier molecular flexibility index (Phi) is 6.26. The van der Waals surface area contributed by atoms with Crippen molar-refractivity contribution < 1.29 is 18.0 Å². The summed E-state index contributed by atoms with van der Waals surface area (Å²) in [5.74, 6) is -1.83. The van der Waals surface area contributed by atoms with Crippen LogP contribution in [0, 0.1) is 0 Å². The lowest BCUT2D eigenvalue weighted by molar-refractivity contribution is -0.170. The molecule has 0 aliphatic rings. The molecule has 0 radical (unpaired) electrons. The van der Waals surface area contributed by atoms with Gasteiger partial charge in [0.15, 0.2) is 0 Å². The first-order valence-corrected chi connectivity index (χ1v) is 7.47. The highest BCUT2D eigenvalue weighted by molar-refractivity contribution is 5.97. The highest BCUT2D eigenvalue weighted by Crippen LogP contribution is 2.27. The maximum Gasteiger partial charge on any atom is 0.471 e. The molecule has 6 heteroatoms. The van der Waals surface area contributed by atoms with E-state index < -0.39 is 18.1 Å². The smallest absolute Gasteiger partial charge is 0.383 e. The van der Waals surface area contributed by atoms with Crippen LogP contribution in [0.3, 0.4) is 0 Å². The van der Waals surface area contributed by atoms with Crippen molar-refractivity contribution in [3.05, 3.63) is 24.3 Å². The second-order valence-electron chi connectivity index (χ2n) is 5.43. The standard InChI is InChI=1S/C16H23F3N2O/c1-5-11(3)20-13-7-9-14(10-8-13)21(12(4)6-2)15(22)16(17,18)19/h7-12,20H,5-6H2,1-4H3. The van der Waals surface area contributed by atoms with Crippen LogP contribution in [0.15, 0.2) is 24.3 Å². The number of hydrogen-bond acceptors (Lipinski definition) is 2. The van der Waals surface area contributed by atoms with Gasteiger partial charge in [-0.15, -0.1) is 0 Å². The van der Waals surface area contributed by atoms with Crippen molar-refractivity contribution in [2.75, 3.05) is 10.2 Å². The van der Waals surface area contributed by atoms with Crippen LogP contribution < -0.4 is 10.2 Å². The molecule has 2 atom stereocenters. The third kappa shape index (κ3) is 4.64. The minimum Gasteiger partial charge on any atom is -0.383 e. The molecule has 0 saturated heterocycles. The molecular formula is C16H23F3N2O. The molecule has 1 amide bonds. The quantitative estimate of drug-likeness (QED) is 0.832. The Morgan fingerprint density at radius 2 is 1.68 bits per heavy atom. The number of halogens is 3. The number of benzene rings is 1. The van der Waals surface area contributed by atoms with Gasteiger partial charge in [0.05, 0.1) is 0 Å². The van der Waals surface area contributed by atoms with Crippen LogP contribution >= 0.6 is 0 Å². The molecule has 0 heterocycles. The molecule has 0 fully saturated rings. The van der Waals surface area contributed by atoms with Gasteiger partial charge in [0.2, 0.25) is 0 Å². The molecule has 124 valence electrons. The van der Waals surface area contributed by atoms with E-state index in [9.17, 15) is 18.0 Å². The average molecular weight is 316 g/mol. The zero-order valence-corrected chi connectivity index (χ0v) is 13.4. The molecule has 1 N–H and O–H groups in total. The van der Waals surface area contributed by atoms with Gasteiger partial charge in [0.1, 0.15) is 0 Å². The molecule has 1 aromatic carbocycles. The summed E-state index contributed by atoms with van der Waals surface area (Å²) < 4.78 is 38.3. The maximum absolute atomic E-state index is 12.8. The van der Waals surface area contributed by atoms with E-state index in [0.29, 0.717) is 6.42 Å². The normalized spacial score (nSPS) is 14.3. The fourth-order valence-electron chi connectivity index (χ4n) is 2.00. The predicted molar refractivity (Wildman–Crippen MR) is 83.1 cm³/mol. The van der Waals surface area contributed by atoms with Crippen molar-refractivity contribution >= 4 is 17.3 Å². The molecule has 2 unspecified atom stereocenters. The van der Waals surface area contributed by atoms with Gasteiger partial charge in [-0.1, -0.05) is 13.8 Å². The molecule has 0 aliphatic carbocycles. The number of rotatable bonds is 6. The third-order valence-electron chi connectivity index (χ3n) is 3.66. The van der Waals surface area contributed by atoms with E-state index in [1.807, 2.05) is 13.8 Å². The summed E-state index contributed by atoms with van der Waals surface area (Å²) >= 11 is 0. The highest BCUT2D eigenvalue weighted by atomic mass is 19.4. The van der Waals surface area contributed by atoms with Gasteiger partial charge in [-0.3, -0.25) is 4.79 Å². The number of hydrogen-bond donors (Lipinski definition) is 1. The van der Waals surface area contributed by atoms with Crippen molar-refractivity contribution in [1.82, 2.24) is 0 Å². The van der Waals surface area contributed by atoms with Crippen LogP contribution in [0.4, 0.5) is 24.5 Å². The summed E-state index contributed by atoms with van der Waals surface area (Å²) in [5, 5.41) is 3.23. The van der Waals surface area contributed by atoms with Crippen molar-refractivity contribution in [3.8, 4) is 0 Å². The zero-order valence-electron chi connectivity index (χ0n) is 13.4. The summed E-state index contributed by atoms with van der Waals surface area (Å²) in [6.07, 6.45) is -3.50. The topological polar surface area (TPSA) is 32.3 Å². The Balaban J connectivity index is 3.03. The van der Waals surface area contributed by atoms with Crippen LogP contribution in [0.1, 0.15) is 40.5 Å². The number of nitrogens with one attached hydrogen (secondary N) is 1. The van der Waals surface area contributed by atoms with Gasteiger partial charge < -0.3 is 10.2 Å². The van der Waals surface area contributed by atoms with Gasteiger partial charge in [-0.25, -0.2) is 0 Å². The summed E-state index contributed by atoms with van der Waals surface area (Å²) in [6.45, 7) is 7.42. The van der Waals surface area contributed by atoms with Crippen LogP contribution in [0.2, 0.25) is 0 Å². The minimum atomic E-state index is -4.88. The van der Waals surface area contributed by atoms with Crippen LogP contribution in [-0.4, -0.2) is 24.2 Å². The van der Waals surface area contributed by atoms with E-state index in [1.165, 1.54) is 0 Å². The van der Waals surface area contributed by atoms with Gasteiger partial charge >= 0.3 is 12.1 Å². The number of anilines is 2. The number of nitrogens with zero attached hydrogens (tertiary/aromatic N) is 1. The SMILES string of the molecule is CCC(C)Nc1ccc(N(C(=O)C(F)(F)F)C(C)CC)cc1. The van der Waals surface area contributed by atoms with Gasteiger partial charge in [0.25, 0.3) is 0 Å². The number of carbonyl (C=O) groups is 1. The third-order valence-corrected chi connectivity index (χ3v) is 3.66. The van der Waals surface area contributed by atoms with Gasteiger partial charge in [0, 0.05) is 23.5 Å². The Morgan fingerprint density at radius 3 is 2.09 bits per heavy atom. The monoisotopic (exact) mass is 316 g/mol. The molecule has 0 aliphatic heterocycles. The van der Waals surface area contributed by atoms with Crippen LogP contribution in [-0.2, 0) is 4.79 Å². The Hall–Kier alpha value is -1.72. The average Bonchev–Trinajstić information content (AvgIpc) is 2.47. The number of alkyl halides is 3. The summed E-state index contributed by atoms with van der Waals surface area (Å²) in [4.78, 5) is 12.5. The van der Waals surface area contributed by atoms with Gasteiger partial charge in [-0.05, 0) is 51.0 Å². The first-order valence-electron chi connectivity index (χ1n) is 7.47. The number of carbonyl (C=O) groups excluding carboxylic acids is 1. The van der Waals surface area contributed by atoms with Crippen LogP contribution in [0.5, 0.6) is 0 Å². The number of amides is 1. The van der Waals surface area contributed by atoms with E-state index >= 15 is 0 Å². The molecule has 3 nitrogen and oxygen atoms in total. The molecule has 1 rings (SSSR count). The molecule has 22 heavy (non-hydrogen) atoms. The Morgan fingerprint density at radius 1 is 1.14 bits per heavy atom. The lowest BCUT2D eigenvalue weighted by Crippen LogP contribution is -2.46. The summed E-state index contributed by atoms with van der Waals surface area (Å²) in [5.41, 5.74) is 1.08. The van der Waals surface area contributed by atoms with Crippen molar-refractivity contribution in [2.24, 2.45) is 0 Å². The molecule has 1 aromatic rings. The van der Waals surface area contributed by atoms with Crippen molar-refractivity contribution in [1.29, 1.82) is 0 Å². The Bertz CT molecular complexity index is 485. The fraction of sp³-hybridized carbons (Fsp3) is 0.562. The molecule has 0 bridgehead atoms. The second-order valence-corrected chi connectivity index (χ2v) is 5.43. The molecule has 0 spiro atoms. The second kappa shape index (κ2) is 7.51. The lowest BCUT2D eigenvalue weighted by atomic mass is 10.1. The minimum absolute atomic E-state index is 0.256. The highest BCUT2D eigenvalue weighted by Gasteiger charge is 2.44. The molecular weight excluding hydrogens is 293 g/mol. The molecule has 0 saturated carbocycles. The lowest BCUT2D eigenvalue weighted by Gasteiger charge is -2.29. The molecule has 0 aromatic heterocycles. The first kappa shape index (κ1) is 18.3. The predicted octanol–water partition coefficient (Wildman–Crippen LogP) is 4.59. The van der Waals surface area contributed by atoms with Crippen molar-refractivity contribution in [3.63, 3.8) is 0 Å². The Labute approximate surface area is 129 Å². The van der Waals surface area contributed by atoms with Gasteiger partial charge in [-0.2, -0.15) is 13.2 Å². The first-order chi connectivity index (χ1) is 10.2. The van der Waals surface area contributed by atoms with E-state index in [0.717, 1.165) is 17.0 Å². The van der Waals surface area contributed by atoms with Crippen LogP contribution in [0.25, 0.3) is 0 Å². The zero-order chi connectivity index (χ0) is 16.9. The fourth-order valence-corrected chi connectivity index (χ4v) is 2.00. The van der Waals surface area contributed by atoms with Crippen molar-refractivity contribution in [2.45, 2.75) is 58.8 Å². The van der Waals surface area contributed by atoms with E-state index in [-0.39, 0.29) is 11.7 Å².